The molecule has 0 aliphatic carbocycles. The molecule has 0 aliphatic heterocycles. The lowest BCUT2D eigenvalue weighted by Crippen LogP contribution is -2.34. The maximum atomic E-state index is 12.3. The minimum absolute atomic E-state index is 0.0254. The number of carbonyl (C=O) groups is 1. The van der Waals surface area contributed by atoms with Crippen molar-refractivity contribution in [1.29, 1.82) is 0 Å². The number of pyridine rings is 1. The van der Waals surface area contributed by atoms with E-state index in [0.717, 1.165) is 5.69 Å². The van der Waals surface area contributed by atoms with Gasteiger partial charge in [-0.15, -0.1) is 6.58 Å². The minimum atomic E-state index is -0.136. The van der Waals surface area contributed by atoms with E-state index >= 15 is 0 Å². The highest BCUT2D eigenvalue weighted by molar-refractivity contribution is 6.32. The molecule has 21 heavy (non-hydrogen) atoms. The lowest BCUT2D eigenvalue weighted by atomic mass is 10.2. The summed E-state index contributed by atoms with van der Waals surface area (Å²) < 4.78 is 1.61. The molecule has 0 saturated heterocycles. The fourth-order valence-corrected chi connectivity index (χ4v) is 2.13. The van der Waals surface area contributed by atoms with Gasteiger partial charge >= 0.3 is 0 Å². The fourth-order valence-electron chi connectivity index (χ4n) is 1.89. The second-order valence-electron chi connectivity index (χ2n) is 4.85. The number of amides is 1. The van der Waals surface area contributed by atoms with Gasteiger partial charge in [-0.1, -0.05) is 31.5 Å². The van der Waals surface area contributed by atoms with Gasteiger partial charge in [0.15, 0.2) is 5.15 Å². The van der Waals surface area contributed by atoms with Crippen molar-refractivity contribution in [3.63, 3.8) is 0 Å². The molecule has 2 heterocycles. The molecule has 2 rings (SSSR count). The quantitative estimate of drug-likeness (QED) is 0.798. The highest BCUT2D eigenvalue weighted by Crippen LogP contribution is 2.27. The number of rotatable bonds is 5. The van der Waals surface area contributed by atoms with Crippen molar-refractivity contribution in [2.24, 2.45) is 5.92 Å². The van der Waals surface area contributed by atoms with Gasteiger partial charge in [-0.05, 0) is 12.1 Å². The molecule has 1 amide bonds. The van der Waals surface area contributed by atoms with Gasteiger partial charge in [0.05, 0.1) is 18.1 Å². The van der Waals surface area contributed by atoms with Crippen LogP contribution in [-0.4, -0.2) is 27.2 Å². The Kier molecular flexibility index (Phi) is 4.75. The molecule has 110 valence electrons. The Morgan fingerprint density at radius 2 is 2.33 bits per heavy atom. The van der Waals surface area contributed by atoms with E-state index in [-0.39, 0.29) is 17.0 Å². The third kappa shape index (κ3) is 3.31. The lowest BCUT2D eigenvalue weighted by molar-refractivity contribution is -0.121. The number of hydrogen-bond donors (Lipinski definition) is 0. The predicted octanol–water partition coefficient (Wildman–Crippen LogP) is 3.10. The van der Waals surface area contributed by atoms with E-state index in [9.17, 15) is 4.79 Å². The Morgan fingerprint density at radius 3 is 2.90 bits per heavy atom. The summed E-state index contributed by atoms with van der Waals surface area (Å²) in [4.78, 5) is 17.9. The van der Waals surface area contributed by atoms with Crippen LogP contribution in [0.4, 0.5) is 5.69 Å². The van der Waals surface area contributed by atoms with Crippen LogP contribution in [0, 0.1) is 5.92 Å². The molecule has 0 spiro atoms. The molecule has 6 heteroatoms. The van der Waals surface area contributed by atoms with Crippen molar-refractivity contribution < 1.29 is 4.79 Å². The summed E-state index contributed by atoms with van der Waals surface area (Å²) >= 11 is 6.19. The second-order valence-corrected chi connectivity index (χ2v) is 5.21. The van der Waals surface area contributed by atoms with E-state index in [1.807, 2.05) is 26.0 Å². The van der Waals surface area contributed by atoms with Crippen LogP contribution >= 0.6 is 11.6 Å². The standard InChI is InChI=1S/C15H17ClN4O/c1-4-8-19(15(21)11(2)3)13-10-20(18-14(13)16)12-6-5-7-17-9-12/h4-7,9-11H,1,8H2,2-3H3. The molecule has 0 aromatic carbocycles. The van der Waals surface area contributed by atoms with Crippen LogP contribution in [0.5, 0.6) is 0 Å². The summed E-state index contributed by atoms with van der Waals surface area (Å²) in [6, 6.07) is 3.67. The van der Waals surface area contributed by atoms with Crippen LogP contribution in [0.15, 0.2) is 43.4 Å². The number of hydrogen-bond acceptors (Lipinski definition) is 3. The number of aromatic nitrogens is 3. The highest BCUT2D eigenvalue weighted by atomic mass is 35.5. The van der Waals surface area contributed by atoms with E-state index in [2.05, 4.69) is 16.7 Å². The molecule has 0 unspecified atom stereocenters. The van der Waals surface area contributed by atoms with Gasteiger partial charge < -0.3 is 4.90 Å². The number of halogens is 1. The Morgan fingerprint density at radius 1 is 1.57 bits per heavy atom. The van der Waals surface area contributed by atoms with Gasteiger partial charge in [-0.3, -0.25) is 9.78 Å². The molecule has 0 fully saturated rings. The van der Waals surface area contributed by atoms with E-state index in [1.165, 1.54) is 0 Å². The first kappa shape index (κ1) is 15.3. The summed E-state index contributed by atoms with van der Waals surface area (Å²) in [6.07, 6.45) is 6.75. The zero-order valence-electron chi connectivity index (χ0n) is 12.0. The largest absolute Gasteiger partial charge is 0.304 e. The van der Waals surface area contributed by atoms with Crippen molar-refractivity contribution >= 4 is 23.2 Å². The molecule has 0 atom stereocenters. The van der Waals surface area contributed by atoms with Gasteiger partial charge in [0.25, 0.3) is 0 Å². The summed E-state index contributed by atoms with van der Waals surface area (Å²) in [5.41, 5.74) is 1.35. The molecular weight excluding hydrogens is 288 g/mol. The molecular formula is C15H17ClN4O. The smallest absolute Gasteiger partial charge is 0.229 e. The van der Waals surface area contributed by atoms with Crippen LogP contribution in [0.3, 0.4) is 0 Å². The van der Waals surface area contributed by atoms with Crippen molar-refractivity contribution in [3.05, 3.63) is 48.5 Å². The predicted molar refractivity (Wildman–Crippen MR) is 83.8 cm³/mol. The Bertz CT molecular complexity index is 636. The lowest BCUT2D eigenvalue weighted by Gasteiger charge is -2.21. The van der Waals surface area contributed by atoms with Crippen molar-refractivity contribution in [2.45, 2.75) is 13.8 Å². The van der Waals surface area contributed by atoms with Crippen LogP contribution in [-0.2, 0) is 4.79 Å². The third-order valence-electron chi connectivity index (χ3n) is 2.92. The maximum Gasteiger partial charge on any atom is 0.229 e. The summed E-state index contributed by atoms with van der Waals surface area (Å²) in [5, 5.41) is 4.51. The average molecular weight is 305 g/mol. The second kappa shape index (κ2) is 6.54. The summed E-state index contributed by atoms with van der Waals surface area (Å²) in [6.45, 7) is 7.76. The van der Waals surface area contributed by atoms with Crippen LogP contribution in [0.1, 0.15) is 13.8 Å². The molecule has 0 saturated carbocycles. The molecule has 0 bridgehead atoms. The normalized spacial score (nSPS) is 10.7. The molecule has 0 radical (unpaired) electrons. The van der Waals surface area contributed by atoms with E-state index < -0.39 is 0 Å². The van der Waals surface area contributed by atoms with E-state index in [4.69, 9.17) is 11.6 Å². The Labute approximate surface area is 128 Å². The first-order valence-corrected chi connectivity index (χ1v) is 7.00. The topological polar surface area (TPSA) is 51.0 Å². The van der Waals surface area contributed by atoms with Crippen LogP contribution < -0.4 is 4.90 Å². The van der Waals surface area contributed by atoms with Crippen LogP contribution in [0.2, 0.25) is 5.15 Å². The molecule has 2 aromatic rings. The highest BCUT2D eigenvalue weighted by Gasteiger charge is 2.22. The van der Waals surface area contributed by atoms with E-state index in [1.54, 1.807) is 34.2 Å². The number of carbonyl (C=O) groups excluding carboxylic acids is 1. The molecule has 0 aliphatic rings. The van der Waals surface area contributed by atoms with Crippen LogP contribution in [0.25, 0.3) is 5.69 Å². The van der Waals surface area contributed by atoms with Crippen molar-refractivity contribution in [3.8, 4) is 5.69 Å². The molecule has 0 N–H and O–H groups in total. The SMILES string of the molecule is C=CCN(C(=O)C(C)C)c1cn(-c2cccnc2)nc1Cl. The molecule has 5 nitrogen and oxygen atoms in total. The maximum absolute atomic E-state index is 12.3. The fraction of sp³-hybridized carbons (Fsp3) is 0.267. The zero-order valence-corrected chi connectivity index (χ0v) is 12.8. The van der Waals surface area contributed by atoms with Crippen molar-refractivity contribution in [2.75, 3.05) is 11.4 Å². The number of nitrogens with zero attached hydrogens (tertiary/aromatic N) is 4. The average Bonchev–Trinajstić information content (AvgIpc) is 2.86. The zero-order chi connectivity index (χ0) is 15.4. The Balaban J connectivity index is 2.40. The van der Waals surface area contributed by atoms with Gasteiger partial charge in [0, 0.05) is 18.7 Å². The summed E-state index contributed by atoms with van der Waals surface area (Å²) in [5.74, 6) is -0.162. The van der Waals surface area contributed by atoms with Crippen molar-refractivity contribution in [1.82, 2.24) is 14.8 Å². The van der Waals surface area contributed by atoms with E-state index in [0.29, 0.717) is 12.2 Å². The van der Waals surface area contributed by atoms with Gasteiger partial charge in [-0.25, -0.2) is 4.68 Å². The monoisotopic (exact) mass is 304 g/mol. The van der Waals surface area contributed by atoms with Gasteiger partial charge in [0.1, 0.15) is 5.69 Å². The van der Waals surface area contributed by atoms with Gasteiger partial charge in [0.2, 0.25) is 5.91 Å². The third-order valence-corrected chi connectivity index (χ3v) is 3.19. The summed E-state index contributed by atoms with van der Waals surface area (Å²) in [7, 11) is 0. The number of anilines is 1. The first-order chi connectivity index (χ1) is 10.0. The first-order valence-electron chi connectivity index (χ1n) is 6.62. The molecule has 2 aromatic heterocycles. The Hall–Kier alpha value is -2.14. The van der Waals surface area contributed by atoms with Gasteiger partial charge in [-0.2, -0.15) is 5.10 Å². The minimum Gasteiger partial charge on any atom is -0.304 e.